The Kier molecular flexibility index (Phi) is 5.81. The van der Waals surface area contributed by atoms with E-state index in [1.54, 1.807) is 11.0 Å². The molecule has 3 rings (SSSR count). The number of aromatic nitrogens is 1. The summed E-state index contributed by atoms with van der Waals surface area (Å²) in [5.41, 5.74) is 0.414. The van der Waals surface area contributed by atoms with E-state index in [1.807, 2.05) is 6.92 Å². The smallest absolute Gasteiger partial charge is 0.335 e. The number of benzene rings is 1. The molecule has 1 N–H and O–H groups in total. The van der Waals surface area contributed by atoms with Crippen LogP contribution < -0.4 is 9.47 Å². The van der Waals surface area contributed by atoms with Crippen molar-refractivity contribution in [2.24, 2.45) is 0 Å². The first-order chi connectivity index (χ1) is 13.0. The molecule has 1 fully saturated rings. The first kappa shape index (κ1) is 19.0. The van der Waals surface area contributed by atoms with Crippen LogP contribution in [0.5, 0.6) is 17.4 Å². The number of carboxylic acid groups (broad SMARTS) is 1. The molecule has 0 spiro atoms. The van der Waals surface area contributed by atoms with Crippen molar-refractivity contribution >= 4 is 23.5 Å². The largest absolute Gasteiger partial charge is 0.493 e. The molecule has 0 unspecified atom stereocenters. The number of halogens is 1. The molecule has 0 radical (unpaired) electrons. The van der Waals surface area contributed by atoms with E-state index in [-0.39, 0.29) is 28.1 Å². The van der Waals surface area contributed by atoms with Gasteiger partial charge in [-0.3, -0.25) is 4.79 Å². The fourth-order valence-electron chi connectivity index (χ4n) is 2.49. The normalized spacial score (nSPS) is 13.0. The minimum Gasteiger partial charge on any atom is -0.493 e. The number of amides is 1. The van der Waals surface area contributed by atoms with Gasteiger partial charge in [-0.1, -0.05) is 18.5 Å². The van der Waals surface area contributed by atoms with Crippen LogP contribution in [0.25, 0.3) is 0 Å². The zero-order chi connectivity index (χ0) is 19.4. The van der Waals surface area contributed by atoms with Crippen molar-refractivity contribution < 1.29 is 24.2 Å². The summed E-state index contributed by atoms with van der Waals surface area (Å²) >= 11 is 6.21. The number of carboxylic acids is 1. The highest BCUT2D eigenvalue weighted by Gasteiger charge is 2.23. The highest BCUT2D eigenvalue weighted by Crippen LogP contribution is 2.31. The van der Waals surface area contributed by atoms with Crippen molar-refractivity contribution in [2.75, 3.05) is 19.7 Å². The van der Waals surface area contributed by atoms with Gasteiger partial charge in [0.25, 0.3) is 5.91 Å². The summed E-state index contributed by atoms with van der Waals surface area (Å²) < 4.78 is 11.1. The van der Waals surface area contributed by atoms with Crippen molar-refractivity contribution in [3.05, 3.63) is 46.6 Å². The molecule has 27 heavy (non-hydrogen) atoms. The molecule has 1 aliphatic rings. The summed E-state index contributed by atoms with van der Waals surface area (Å²) in [4.78, 5) is 29.4. The van der Waals surface area contributed by atoms with Crippen LogP contribution in [0.1, 0.15) is 40.5 Å². The predicted molar refractivity (Wildman–Crippen MR) is 99.0 cm³/mol. The highest BCUT2D eigenvalue weighted by atomic mass is 35.5. The van der Waals surface area contributed by atoms with Crippen LogP contribution in [-0.4, -0.2) is 46.6 Å². The summed E-state index contributed by atoms with van der Waals surface area (Å²) in [6, 6.07) is 5.85. The summed E-state index contributed by atoms with van der Waals surface area (Å²) in [6.07, 6.45) is 3.18. The molecule has 7 nitrogen and oxygen atoms in total. The maximum atomic E-state index is 12.2. The predicted octanol–water partition coefficient (Wildman–Crippen LogP) is 3.86. The molecule has 1 amide bonds. The second-order valence-electron chi connectivity index (χ2n) is 6.11. The third kappa shape index (κ3) is 4.49. The highest BCUT2D eigenvalue weighted by molar-refractivity contribution is 6.32. The van der Waals surface area contributed by atoms with Crippen LogP contribution in [0.15, 0.2) is 30.5 Å². The van der Waals surface area contributed by atoms with Gasteiger partial charge in [-0.2, -0.15) is 0 Å². The molecule has 1 aliphatic heterocycles. The lowest BCUT2D eigenvalue weighted by Crippen LogP contribution is -2.42. The molecule has 8 heteroatoms. The molecule has 0 aliphatic carbocycles. The summed E-state index contributed by atoms with van der Waals surface area (Å²) in [6.45, 7) is 3.87. The van der Waals surface area contributed by atoms with Gasteiger partial charge in [0.05, 0.1) is 17.7 Å². The Morgan fingerprint density at radius 2 is 1.93 bits per heavy atom. The van der Waals surface area contributed by atoms with Gasteiger partial charge in [-0.05, 0) is 31.0 Å². The minimum atomic E-state index is -1.10. The maximum absolute atomic E-state index is 12.2. The van der Waals surface area contributed by atoms with Crippen LogP contribution in [-0.2, 0) is 0 Å². The van der Waals surface area contributed by atoms with Gasteiger partial charge in [-0.15, -0.1) is 0 Å². The molecule has 1 aromatic carbocycles. The van der Waals surface area contributed by atoms with Crippen LogP contribution >= 0.6 is 11.6 Å². The first-order valence-electron chi connectivity index (χ1n) is 8.61. The molecule has 2 aromatic rings. The Labute approximate surface area is 161 Å². The molecule has 0 saturated carbocycles. The van der Waals surface area contributed by atoms with Crippen LogP contribution in [0.3, 0.4) is 0 Å². The third-order valence-corrected chi connectivity index (χ3v) is 4.28. The van der Waals surface area contributed by atoms with E-state index in [0.717, 1.165) is 25.9 Å². The number of ether oxygens (including phenoxy) is 2. The summed E-state index contributed by atoms with van der Waals surface area (Å²) in [7, 11) is 0. The molecular formula is C19H19ClN2O5. The van der Waals surface area contributed by atoms with Crippen molar-refractivity contribution in [3.63, 3.8) is 0 Å². The van der Waals surface area contributed by atoms with E-state index in [1.165, 1.54) is 24.4 Å². The van der Waals surface area contributed by atoms with E-state index < -0.39 is 5.97 Å². The van der Waals surface area contributed by atoms with Gasteiger partial charge in [0.15, 0.2) is 0 Å². The number of hydrogen-bond donors (Lipinski definition) is 1. The number of nitrogens with zero attached hydrogens (tertiary/aromatic N) is 2. The minimum absolute atomic E-state index is 0.0271. The SMILES string of the molecule is CCCOc1cc(Oc2ncc(C(=O)N3CCC3)cc2Cl)cc(C(=O)O)c1. The van der Waals surface area contributed by atoms with Gasteiger partial charge < -0.3 is 19.5 Å². The molecular weight excluding hydrogens is 372 g/mol. The van der Waals surface area contributed by atoms with Crippen LogP contribution in [0, 0.1) is 0 Å². The number of pyridine rings is 1. The fraction of sp³-hybridized carbons (Fsp3) is 0.316. The Hall–Kier alpha value is -2.80. The molecule has 0 atom stereocenters. The molecule has 0 bridgehead atoms. The Balaban J connectivity index is 1.82. The van der Waals surface area contributed by atoms with Gasteiger partial charge >= 0.3 is 5.97 Å². The Bertz CT molecular complexity index is 867. The molecule has 1 aromatic heterocycles. The first-order valence-corrected chi connectivity index (χ1v) is 8.99. The zero-order valence-electron chi connectivity index (χ0n) is 14.8. The number of likely N-dealkylation sites (tertiary alicyclic amines) is 1. The fourth-order valence-corrected chi connectivity index (χ4v) is 2.69. The van der Waals surface area contributed by atoms with Crippen molar-refractivity contribution in [1.82, 2.24) is 9.88 Å². The van der Waals surface area contributed by atoms with E-state index >= 15 is 0 Å². The topological polar surface area (TPSA) is 89.0 Å². The Morgan fingerprint density at radius 3 is 2.52 bits per heavy atom. The van der Waals surface area contributed by atoms with E-state index in [0.29, 0.717) is 17.9 Å². The van der Waals surface area contributed by atoms with E-state index in [9.17, 15) is 14.7 Å². The van der Waals surface area contributed by atoms with Gasteiger partial charge in [-0.25, -0.2) is 9.78 Å². The summed E-state index contributed by atoms with van der Waals surface area (Å²) in [5, 5.41) is 9.43. The van der Waals surface area contributed by atoms with Gasteiger partial charge in [0, 0.05) is 25.4 Å². The lowest BCUT2D eigenvalue weighted by molar-refractivity contribution is 0.0649. The van der Waals surface area contributed by atoms with Gasteiger partial charge in [0.1, 0.15) is 16.5 Å². The van der Waals surface area contributed by atoms with E-state index in [4.69, 9.17) is 21.1 Å². The number of rotatable bonds is 7. The second kappa shape index (κ2) is 8.26. The number of carbonyl (C=O) groups excluding carboxylic acids is 1. The van der Waals surface area contributed by atoms with Gasteiger partial charge in [0.2, 0.25) is 5.88 Å². The monoisotopic (exact) mass is 390 g/mol. The molecule has 142 valence electrons. The summed E-state index contributed by atoms with van der Waals surface area (Å²) in [5.74, 6) is -0.521. The molecule has 1 saturated heterocycles. The Morgan fingerprint density at radius 1 is 1.19 bits per heavy atom. The quantitative estimate of drug-likeness (QED) is 0.772. The average Bonchev–Trinajstić information content (AvgIpc) is 2.60. The maximum Gasteiger partial charge on any atom is 0.335 e. The standard InChI is InChI=1S/C19H19ClN2O5/c1-2-6-26-14-7-12(19(24)25)8-15(10-14)27-17-16(20)9-13(11-21-17)18(23)22-4-3-5-22/h7-11H,2-6H2,1H3,(H,24,25). The van der Waals surface area contributed by atoms with Crippen LogP contribution in [0.2, 0.25) is 5.02 Å². The van der Waals surface area contributed by atoms with Crippen molar-refractivity contribution in [1.29, 1.82) is 0 Å². The number of hydrogen-bond acceptors (Lipinski definition) is 5. The van der Waals surface area contributed by atoms with Crippen LogP contribution in [0.4, 0.5) is 0 Å². The lowest BCUT2D eigenvalue weighted by atomic mass is 10.1. The van der Waals surface area contributed by atoms with E-state index in [2.05, 4.69) is 4.98 Å². The zero-order valence-corrected chi connectivity index (χ0v) is 15.5. The number of carbonyl (C=O) groups is 2. The third-order valence-electron chi connectivity index (χ3n) is 4.01. The molecule has 2 heterocycles. The lowest BCUT2D eigenvalue weighted by Gasteiger charge is -2.30. The second-order valence-corrected chi connectivity index (χ2v) is 6.51. The van der Waals surface area contributed by atoms with Crippen molar-refractivity contribution in [3.8, 4) is 17.4 Å². The average molecular weight is 391 g/mol. The van der Waals surface area contributed by atoms with Crippen molar-refractivity contribution in [2.45, 2.75) is 19.8 Å². The number of aromatic carboxylic acids is 1.